The Morgan fingerprint density at radius 3 is 0.825 bits per heavy atom. The van der Waals surface area contributed by atoms with Gasteiger partial charge < -0.3 is 9.05 Å². The molecule has 0 aliphatic heterocycles. The van der Waals surface area contributed by atoms with E-state index >= 15 is 0 Å². The molecule has 0 radical (unpaired) electrons. The summed E-state index contributed by atoms with van der Waals surface area (Å²) in [4.78, 5) is 0. The summed E-state index contributed by atoms with van der Waals surface area (Å²) in [6.45, 7) is 0. The molecule has 6 rings (SSSR count). The second kappa shape index (κ2) is 12.8. The van der Waals surface area contributed by atoms with Crippen LogP contribution in [-0.2, 0) is 0 Å². The molecule has 194 valence electrons. The second-order valence-corrected chi connectivity index (χ2v) is 12.7. The lowest BCUT2D eigenvalue weighted by Gasteiger charge is -2.24. The SMILES string of the molecule is c1ccc(P(Oc2ccccc2-c2ccccc2OP(c2ccccc2)c2ccccc2)c2ccccc2)cc1. The molecule has 0 saturated heterocycles. The summed E-state index contributed by atoms with van der Waals surface area (Å²) in [7, 11) is -2.14. The maximum atomic E-state index is 6.92. The van der Waals surface area contributed by atoms with E-state index in [0.717, 1.165) is 22.6 Å². The van der Waals surface area contributed by atoms with Crippen LogP contribution in [0.15, 0.2) is 170 Å². The van der Waals surface area contributed by atoms with E-state index < -0.39 is 16.3 Å². The van der Waals surface area contributed by atoms with Crippen molar-refractivity contribution in [3.8, 4) is 22.6 Å². The van der Waals surface area contributed by atoms with Gasteiger partial charge in [0, 0.05) is 32.3 Å². The van der Waals surface area contributed by atoms with Gasteiger partial charge in [-0.05, 0) is 12.1 Å². The van der Waals surface area contributed by atoms with Crippen molar-refractivity contribution in [2.24, 2.45) is 0 Å². The van der Waals surface area contributed by atoms with Crippen LogP contribution in [0.5, 0.6) is 11.5 Å². The second-order valence-electron chi connectivity index (χ2n) is 9.11. The van der Waals surface area contributed by atoms with Crippen LogP contribution in [0.2, 0.25) is 0 Å². The van der Waals surface area contributed by atoms with Gasteiger partial charge in [0.15, 0.2) is 16.3 Å². The molecule has 2 nitrogen and oxygen atoms in total. The molecule has 4 heteroatoms. The first kappa shape index (κ1) is 26.0. The molecule has 0 amide bonds. The van der Waals surface area contributed by atoms with Crippen LogP contribution in [0, 0.1) is 0 Å². The van der Waals surface area contributed by atoms with Crippen LogP contribution in [0.1, 0.15) is 0 Å². The summed E-state index contributed by atoms with van der Waals surface area (Å²) in [5.41, 5.74) is 2.02. The molecular weight excluding hydrogens is 526 g/mol. The van der Waals surface area contributed by atoms with Gasteiger partial charge in [-0.25, -0.2) is 0 Å². The Labute approximate surface area is 238 Å². The molecule has 6 aromatic carbocycles. The molecule has 0 aromatic heterocycles. The zero-order valence-corrected chi connectivity index (χ0v) is 23.7. The number of hydrogen-bond donors (Lipinski definition) is 0. The largest absolute Gasteiger partial charge is 0.464 e. The molecule has 0 N–H and O–H groups in total. The van der Waals surface area contributed by atoms with E-state index in [9.17, 15) is 0 Å². The van der Waals surface area contributed by atoms with Crippen LogP contribution in [0.3, 0.4) is 0 Å². The minimum absolute atomic E-state index is 0.834. The number of hydrogen-bond acceptors (Lipinski definition) is 2. The van der Waals surface area contributed by atoms with Crippen molar-refractivity contribution < 1.29 is 9.05 Å². The fourth-order valence-electron chi connectivity index (χ4n) is 4.50. The van der Waals surface area contributed by atoms with Crippen LogP contribution in [0.25, 0.3) is 11.1 Å². The van der Waals surface area contributed by atoms with Crippen molar-refractivity contribution in [2.75, 3.05) is 0 Å². The third-order valence-corrected chi connectivity index (χ3v) is 10.2. The summed E-state index contributed by atoms with van der Waals surface area (Å²) in [6.07, 6.45) is 0. The molecule has 0 heterocycles. The van der Waals surface area contributed by atoms with Gasteiger partial charge in [-0.1, -0.05) is 158 Å². The minimum Gasteiger partial charge on any atom is -0.464 e. The molecule has 0 aliphatic rings. The Kier molecular flexibility index (Phi) is 8.30. The zero-order chi connectivity index (χ0) is 27.0. The maximum absolute atomic E-state index is 6.92. The van der Waals surface area contributed by atoms with Crippen molar-refractivity contribution in [1.29, 1.82) is 0 Å². The van der Waals surface area contributed by atoms with Gasteiger partial charge in [-0.3, -0.25) is 0 Å². The van der Waals surface area contributed by atoms with Gasteiger partial charge in [-0.2, -0.15) is 0 Å². The van der Waals surface area contributed by atoms with Crippen LogP contribution in [-0.4, -0.2) is 0 Å². The van der Waals surface area contributed by atoms with E-state index in [0.29, 0.717) is 0 Å². The average Bonchev–Trinajstić information content (AvgIpc) is 3.04. The van der Waals surface area contributed by atoms with Crippen LogP contribution >= 0.6 is 16.3 Å². The molecule has 0 unspecified atom stereocenters. The molecule has 0 spiro atoms. The normalized spacial score (nSPS) is 10.9. The molecule has 6 aromatic rings. The van der Waals surface area contributed by atoms with Crippen LogP contribution in [0.4, 0.5) is 0 Å². The number of rotatable bonds is 9. The van der Waals surface area contributed by atoms with E-state index in [1.807, 2.05) is 36.4 Å². The fraction of sp³-hybridized carbons (Fsp3) is 0. The zero-order valence-electron chi connectivity index (χ0n) is 21.9. The maximum Gasteiger partial charge on any atom is 0.150 e. The Morgan fingerprint density at radius 1 is 0.275 bits per heavy atom. The van der Waals surface area contributed by atoms with Gasteiger partial charge >= 0.3 is 0 Å². The summed E-state index contributed by atoms with van der Waals surface area (Å²) < 4.78 is 13.8. The molecule has 0 fully saturated rings. The predicted octanol–water partition coefficient (Wildman–Crippen LogP) is 8.21. The highest BCUT2D eigenvalue weighted by Gasteiger charge is 2.22. The van der Waals surface area contributed by atoms with Gasteiger partial charge in [0.05, 0.1) is 0 Å². The van der Waals surface area contributed by atoms with Crippen molar-refractivity contribution in [2.45, 2.75) is 0 Å². The van der Waals surface area contributed by atoms with Crippen molar-refractivity contribution in [1.82, 2.24) is 0 Å². The Bertz CT molecular complexity index is 1440. The number of benzene rings is 6. The highest BCUT2D eigenvalue weighted by atomic mass is 31.1. The third kappa shape index (κ3) is 6.00. The summed E-state index contributed by atoms with van der Waals surface area (Å²) >= 11 is 0. The lowest BCUT2D eigenvalue weighted by Crippen LogP contribution is -2.16. The van der Waals surface area contributed by atoms with Gasteiger partial charge in [0.1, 0.15) is 11.5 Å². The Morgan fingerprint density at radius 2 is 0.525 bits per heavy atom. The smallest absolute Gasteiger partial charge is 0.150 e. The summed E-state index contributed by atoms with van der Waals surface area (Å²) in [6, 6.07) is 58.4. The van der Waals surface area contributed by atoms with E-state index in [-0.39, 0.29) is 0 Å². The van der Waals surface area contributed by atoms with Gasteiger partial charge in [0.25, 0.3) is 0 Å². The molecule has 0 aliphatic carbocycles. The predicted molar refractivity (Wildman–Crippen MR) is 171 cm³/mol. The van der Waals surface area contributed by atoms with Crippen LogP contribution < -0.4 is 30.3 Å². The Balaban J connectivity index is 1.40. The molecule has 0 saturated carbocycles. The van der Waals surface area contributed by atoms with Crippen molar-refractivity contribution in [3.05, 3.63) is 170 Å². The first-order chi connectivity index (χ1) is 19.9. The van der Waals surface area contributed by atoms with E-state index in [1.165, 1.54) is 21.2 Å². The van der Waals surface area contributed by atoms with E-state index in [1.54, 1.807) is 0 Å². The summed E-state index contributed by atoms with van der Waals surface area (Å²) in [5, 5.41) is 4.67. The topological polar surface area (TPSA) is 18.5 Å². The van der Waals surface area contributed by atoms with Gasteiger partial charge in [-0.15, -0.1) is 0 Å². The van der Waals surface area contributed by atoms with Crippen molar-refractivity contribution in [3.63, 3.8) is 0 Å². The monoisotopic (exact) mass is 554 g/mol. The average molecular weight is 555 g/mol. The van der Waals surface area contributed by atoms with E-state index in [4.69, 9.17) is 9.05 Å². The third-order valence-electron chi connectivity index (χ3n) is 6.41. The quantitative estimate of drug-likeness (QED) is 0.168. The molecule has 0 atom stereocenters. The molecule has 40 heavy (non-hydrogen) atoms. The molecule has 0 bridgehead atoms. The standard InChI is InChI=1S/C36H28O2P2/c1-5-17-29(18-6-1)39(30-19-7-2-8-20-30)37-35-27-15-13-25-33(35)34-26-14-16-28-36(34)38-40(31-21-9-3-10-22-31)32-23-11-4-12-24-32/h1-28H. The van der Waals surface area contributed by atoms with Gasteiger partial charge in [0.2, 0.25) is 0 Å². The number of para-hydroxylation sites is 2. The minimum atomic E-state index is -1.07. The lowest BCUT2D eigenvalue weighted by molar-refractivity contribution is 0.622. The first-order valence-corrected chi connectivity index (χ1v) is 15.7. The Hall–Kier alpha value is -4.22. The highest BCUT2D eigenvalue weighted by Crippen LogP contribution is 2.46. The molecular formula is C36H28O2P2. The first-order valence-electron chi connectivity index (χ1n) is 13.2. The fourth-order valence-corrected chi connectivity index (χ4v) is 8.00. The lowest BCUT2D eigenvalue weighted by atomic mass is 10.0. The highest BCUT2D eigenvalue weighted by molar-refractivity contribution is 7.69. The van der Waals surface area contributed by atoms with Crippen molar-refractivity contribution >= 4 is 37.5 Å². The van der Waals surface area contributed by atoms with E-state index in [2.05, 4.69) is 133 Å². The summed E-state index contributed by atoms with van der Waals surface area (Å²) in [5.74, 6) is 1.67.